The van der Waals surface area contributed by atoms with Crippen molar-refractivity contribution in [1.82, 2.24) is 0 Å². The van der Waals surface area contributed by atoms with E-state index in [1.165, 1.54) is 0 Å². The molecular weight excluding hydrogens is 192 g/mol. The topological polar surface area (TPSA) is 54.4 Å². The number of carbonyl (C=O) groups is 2. The largest absolute Gasteiger partial charge is 0.478 e. The van der Waals surface area contributed by atoms with Gasteiger partial charge in [0.05, 0.1) is 0 Å². The van der Waals surface area contributed by atoms with Crippen LogP contribution in [0.2, 0.25) is 0 Å². The Morgan fingerprint density at radius 2 is 2.07 bits per heavy atom. The van der Waals surface area contributed by atoms with Gasteiger partial charge >= 0.3 is 5.97 Å². The van der Waals surface area contributed by atoms with Crippen molar-refractivity contribution in [3.05, 3.63) is 41.0 Å². The van der Waals surface area contributed by atoms with E-state index in [2.05, 4.69) is 0 Å². The zero-order chi connectivity index (χ0) is 11.3. The SMILES string of the molecule is CC/C(=C\c1cccc(C=O)c1)C(=O)O. The predicted molar refractivity (Wildman–Crippen MR) is 57.7 cm³/mol. The maximum atomic E-state index is 10.8. The molecular formula is C12H12O3. The number of carbonyl (C=O) groups excluding carboxylic acids is 1. The Bertz CT molecular complexity index is 405. The number of aliphatic carboxylic acids is 1. The molecule has 0 aromatic heterocycles. The fourth-order valence-corrected chi connectivity index (χ4v) is 1.24. The minimum atomic E-state index is -0.922. The molecule has 3 heteroatoms. The maximum Gasteiger partial charge on any atom is 0.331 e. The molecule has 0 amide bonds. The molecule has 1 rings (SSSR count). The summed E-state index contributed by atoms with van der Waals surface area (Å²) in [5.41, 5.74) is 1.61. The van der Waals surface area contributed by atoms with E-state index in [0.717, 1.165) is 11.8 Å². The third-order valence-corrected chi connectivity index (χ3v) is 2.04. The van der Waals surface area contributed by atoms with Crippen LogP contribution >= 0.6 is 0 Å². The van der Waals surface area contributed by atoms with Crippen LogP contribution in [0.4, 0.5) is 0 Å². The lowest BCUT2D eigenvalue weighted by Crippen LogP contribution is -1.98. The monoisotopic (exact) mass is 204 g/mol. The standard InChI is InChI=1S/C12H12O3/c1-2-11(12(14)15)7-9-4-3-5-10(6-9)8-13/h3-8H,2H2,1H3,(H,14,15)/b11-7+. The minimum Gasteiger partial charge on any atom is -0.478 e. The second-order valence-electron chi connectivity index (χ2n) is 3.12. The summed E-state index contributed by atoms with van der Waals surface area (Å²) in [6, 6.07) is 6.83. The molecule has 1 aromatic carbocycles. The van der Waals surface area contributed by atoms with Crippen molar-refractivity contribution >= 4 is 18.3 Å². The molecule has 0 heterocycles. The van der Waals surface area contributed by atoms with Crippen LogP contribution in [-0.2, 0) is 4.79 Å². The van der Waals surface area contributed by atoms with Gasteiger partial charge in [-0.1, -0.05) is 25.1 Å². The van der Waals surface area contributed by atoms with Gasteiger partial charge in [0.25, 0.3) is 0 Å². The lowest BCUT2D eigenvalue weighted by molar-refractivity contribution is -0.132. The zero-order valence-electron chi connectivity index (χ0n) is 8.43. The lowest BCUT2D eigenvalue weighted by Gasteiger charge is -1.99. The van der Waals surface area contributed by atoms with Crippen molar-refractivity contribution in [3.63, 3.8) is 0 Å². The highest BCUT2D eigenvalue weighted by Crippen LogP contribution is 2.11. The average molecular weight is 204 g/mol. The molecule has 0 atom stereocenters. The average Bonchev–Trinajstić information content (AvgIpc) is 2.25. The molecule has 0 bridgehead atoms. The molecule has 0 aliphatic carbocycles. The van der Waals surface area contributed by atoms with E-state index in [1.807, 2.05) is 0 Å². The Morgan fingerprint density at radius 3 is 2.60 bits per heavy atom. The van der Waals surface area contributed by atoms with Crippen LogP contribution in [-0.4, -0.2) is 17.4 Å². The van der Waals surface area contributed by atoms with Gasteiger partial charge in [0.2, 0.25) is 0 Å². The van der Waals surface area contributed by atoms with Crippen LogP contribution in [0.25, 0.3) is 6.08 Å². The molecule has 15 heavy (non-hydrogen) atoms. The van der Waals surface area contributed by atoms with E-state index in [0.29, 0.717) is 17.6 Å². The molecule has 0 saturated carbocycles. The maximum absolute atomic E-state index is 10.8. The van der Waals surface area contributed by atoms with Gasteiger partial charge in [-0.25, -0.2) is 4.79 Å². The Hall–Kier alpha value is -1.90. The van der Waals surface area contributed by atoms with E-state index >= 15 is 0 Å². The molecule has 0 fully saturated rings. The summed E-state index contributed by atoms with van der Waals surface area (Å²) in [5, 5.41) is 8.82. The van der Waals surface area contributed by atoms with Crippen molar-refractivity contribution in [2.75, 3.05) is 0 Å². The first-order valence-electron chi connectivity index (χ1n) is 4.66. The van der Waals surface area contributed by atoms with Gasteiger partial charge in [-0.3, -0.25) is 4.79 Å². The number of hydrogen-bond acceptors (Lipinski definition) is 2. The molecule has 1 N–H and O–H groups in total. The number of benzene rings is 1. The van der Waals surface area contributed by atoms with Crippen molar-refractivity contribution in [1.29, 1.82) is 0 Å². The number of aldehydes is 1. The van der Waals surface area contributed by atoms with Gasteiger partial charge in [-0.05, 0) is 24.1 Å². The van der Waals surface area contributed by atoms with Gasteiger partial charge in [-0.2, -0.15) is 0 Å². The molecule has 1 aromatic rings. The van der Waals surface area contributed by atoms with Crippen LogP contribution in [0.5, 0.6) is 0 Å². The van der Waals surface area contributed by atoms with E-state index in [4.69, 9.17) is 5.11 Å². The minimum absolute atomic E-state index is 0.332. The molecule has 0 saturated heterocycles. The van der Waals surface area contributed by atoms with E-state index in [-0.39, 0.29) is 0 Å². The third kappa shape index (κ3) is 3.06. The summed E-state index contributed by atoms with van der Waals surface area (Å²) in [4.78, 5) is 21.3. The smallest absolute Gasteiger partial charge is 0.331 e. The Balaban J connectivity index is 3.05. The van der Waals surface area contributed by atoms with Gasteiger partial charge in [0.15, 0.2) is 0 Å². The summed E-state index contributed by atoms with van der Waals surface area (Å²) in [6.45, 7) is 1.78. The number of carboxylic acids is 1. The van der Waals surface area contributed by atoms with Gasteiger partial charge in [0, 0.05) is 11.1 Å². The molecule has 0 spiro atoms. The van der Waals surface area contributed by atoms with Crippen molar-refractivity contribution in [2.24, 2.45) is 0 Å². The fraction of sp³-hybridized carbons (Fsp3) is 0.167. The summed E-state index contributed by atoms with van der Waals surface area (Å²) < 4.78 is 0. The van der Waals surface area contributed by atoms with Crippen LogP contribution in [0.3, 0.4) is 0 Å². The molecule has 0 aliphatic heterocycles. The molecule has 0 aliphatic rings. The molecule has 3 nitrogen and oxygen atoms in total. The number of hydrogen-bond donors (Lipinski definition) is 1. The first-order valence-corrected chi connectivity index (χ1v) is 4.66. The first kappa shape index (κ1) is 11.2. The second kappa shape index (κ2) is 5.10. The van der Waals surface area contributed by atoms with Crippen LogP contribution in [0, 0.1) is 0 Å². The highest BCUT2D eigenvalue weighted by molar-refractivity contribution is 5.92. The van der Waals surface area contributed by atoms with E-state index in [9.17, 15) is 9.59 Å². The fourth-order valence-electron chi connectivity index (χ4n) is 1.24. The number of rotatable bonds is 4. The second-order valence-corrected chi connectivity index (χ2v) is 3.12. The molecule has 0 unspecified atom stereocenters. The summed E-state index contributed by atoms with van der Waals surface area (Å²) in [5.74, 6) is -0.922. The summed E-state index contributed by atoms with van der Waals surface area (Å²) >= 11 is 0. The zero-order valence-corrected chi connectivity index (χ0v) is 8.43. The van der Waals surface area contributed by atoms with E-state index in [1.54, 1.807) is 37.3 Å². The number of carboxylic acid groups (broad SMARTS) is 1. The lowest BCUT2D eigenvalue weighted by atomic mass is 10.1. The molecule has 78 valence electrons. The summed E-state index contributed by atoms with van der Waals surface area (Å²) in [7, 11) is 0. The summed E-state index contributed by atoms with van der Waals surface area (Å²) in [6.07, 6.45) is 2.78. The van der Waals surface area contributed by atoms with Gasteiger partial charge < -0.3 is 5.11 Å². The normalized spacial score (nSPS) is 11.1. The highest BCUT2D eigenvalue weighted by Gasteiger charge is 2.03. The van der Waals surface area contributed by atoms with Crippen LogP contribution in [0.1, 0.15) is 29.3 Å². The Labute approximate surface area is 88.0 Å². The Kier molecular flexibility index (Phi) is 3.80. The molecule has 0 radical (unpaired) electrons. The van der Waals surface area contributed by atoms with Crippen molar-refractivity contribution in [3.8, 4) is 0 Å². The van der Waals surface area contributed by atoms with E-state index < -0.39 is 5.97 Å². The first-order chi connectivity index (χ1) is 7.17. The van der Waals surface area contributed by atoms with Crippen LogP contribution in [0.15, 0.2) is 29.8 Å². The third-order valence-electron chi connectivity index (χ3n) is 2.04. The Morgan fingerprint density at radius 1 is 1.40 bits per heavy atom. The van der Waals surface area contributed by atoms with Gasteiger partial charge in [0.1, 0.15) is 6.29 Å². The van der Waals surface area contributed by atoms with Crippen molar-refractivity contribution in [2.45, 2.75) is 13.3 Å². The van der Waals surface area contributed by atoms with Crippen LogP contribution < -0.4 is 0 Å². The van der Waals surface area contributed by atoms with Gasteiger partial charge in [-0.15, -0.1) is 0 Å². The van der Waals surface area contributed by atoms with Crippen molar-refractivity contribution < 1.29 is 14.7 Å². The highest BCUT2D eigenvalue weighted by atomic mass is 16.4. The predicted octanol–water partition coefficient (Wildman–Crippen LogP) is 2.38. The quantitative estimate of drug-likeness (QED) is 0.605.